The number of aliphatic hydroxyl groups excluding tert-OH is 1. The van der Waals surface area contributed by atoms with Crippen LogP contribution in [-0.2, 0) is 32.8 Å². The van der Waals surface area contributed by atoms with Crippen LogP contribution in [0.25, 0.3) is 0 Å². The second-order valence-corrected chi connectivity index (χ2v) is 11.6. The van der Waals surface area contributed by atoms with Crippen molar-refractivity contribution in [1.29, 1.82) is 0 Å². The number of aliphatic hydroxyl groups is 1. The molecule has 0 radical (unpaired) electrons. The summed E-state index contributed by atoms with van der Waals surface area (Å²) in [5.41, 5.74) is 3.04. The number of ketones is 1. The minimum Gasteiger partial charge on any atom is -0.457 e. The Kier molecular flexibility index (Phi) is 7.75. The van der Waals surface area contributed by atoms with Crippen LogP contribution in [0, 0.1) is 12.8 Å². The van der Waals surface area contributed by atoms with E-state index in [0.29, 0.717) is 6.42 Å². The molecule has 1 saturated heterocycles. The Morgan fingerprint density at radius 2 is 1.82 bits per heavy atom. The Bertz CT molecular complexity index is 987. The van der Waals surface area contributed by atoms with E-state index in [0.717, 1.165) is 28.0 Å². The summed E-state index contributed by atoms with van der Waals surface area (Å²) >= 11 is 1.29. The van der Waals surface area contributed by atoms with Crippen molar-refractivity contribution in [2.24, 2.45) is 5.92 Å². The maximum absolute atomic E-state index is 13.3. The summed E-state index contributed by atoms with van der Waals surface area (Å²) in [6.45, 7) is 12.2. The van der Waals surface area contributed by atoms with E-state index >= 15 is 0 Å². The first-order chi connectivity index (χ1) is 15.5. The average molecular weight is 469 g/mol. The average Bonchev–Trinajstić information content (AvgIpc) is 2.74. The molecule has 4 nitrogen and oxygen atoms in total. The quantitative estimate of drug-likeness (QED) is 0.412. The van der Waals surface area contributed by atoms with Crippen molar-refractivity contribution in [3.05, 3.63) is 64.7 Å². The van der Waals surface area contributed by atoms with Gasteiger partial charge in [-0.2, -0.15) is 0 Å². The predicted octanol–water partition coefficient (Wildman–Crippen LogP) is 5.79. The lowest BCUT2D eigenvalue weighted by Crippen LogP contribution is -2.52. The first-order valence-electron chi connectivity index (χ1n) is 11.7. The van der Waals surface area contributed by atoms with Crippen molar-refractivity contribution in [3.63, 3.8) is 0 Å². The van der Waals surface area contributed by atoms with Crippen LogP contribution in [0.15, 0.2) is 47.4 Å². The number of aryl methyl sites for hydroxylation is 2. The molecular formula is C28H36O4S. The first-order valence-corrected chi connectivity index (χ1v) is 12.6. The van der Waals surface area contributed by atoms with Crippen LogP contribution in [0.2, 0.25) is 0 Å². The Hall–Kier alpha value is -2.11. The number of cyclic esters (lactones) is 1. The predicted molar refractivity (Wildman–Crippen MR) is 133 cm³/mol. The van der Waals surface area contributed by atoms with E-state index in [4.69, 9.17) is 4.74 Å². The third-order valence-electron chi connectivity index (χ3n) is 6.68. The standard InChI is InChI=1S/C28H36O4S/c1-18(2)28(13-12-20-10-8-7-9-11-20)16-23(30)25(26(31)32-28)33-24-14-19(3)21(17-29)15-22(24)27(4,5)6/h7-11,14-15,18,25,29H,12-13,16-17H2,1-6H3/t25?,28-/m0/s1. The molecule has 1 N–H and O–H groups in total. The molecule has 2 aromatic carbocycles. The third kappa shape index (κ3) is 5.70. The van der Waals surface area contributed by atoms with Gasteiger partial charge in [0.1, 0.15) is 5.60 Å². The molecular weight excluding hydrogens is 432 g/mol. The Morgan fingerprint density at radius 1 is 1.15 bits per heavy atom. The third-order valence-corrected chi connectivity index (χ3v) is 7.96. The van der Waals surface area contributed by atoms with Gasteiger partial charge >= 0.3 is 5.97 Å². The summed E-state index contributed by atoms with van der Waals surface area (Å²) < 4.78 is 6.09. The normalized spacial score (nSPS) is 21.4. The van der Waals surface area contributed by atoms with E-state index < -0.39 is 16.8 Å². The maximum atomic E-state index is 13.3. The molecule has 1 unspecified atom stereocenters. The van der Waals surface area contributed by atoms with Crippen LogP contribution >= 0.6 is 11.8 Å². The minimum absolute atomic E-state index is 0.0382. The van der Waals surface area contributed by atoms with Crippen molar-refractivity contribution in [2.45, 2.75) is 88.6 Å². The van der Waals surface area contributed by atoms with Gasteiger partial charge < -0.3 is 9.84 Å². The second-order valence-electron chi connectivity index (χ2n) is 10.5. The number of benzene rings is 2. The lowest BCUT2D eigenvalue weighted by atomic mass is 9.78. The highest BCUT2D eigenvalue weighted by Gasteiger charge is 2.49. The summed E-state index contributed by atoms with van der Waals surface area (Å²) in [6, 6.07) is 14.1. The van der Waals surface area contributed by atoms with E-state index in [1.165, 1.54) is 17.3 Å². The van der Waals surface area contributed by atoms with Gasteiger partial charge in [-0.3, -0.25) is 9.59 Å². The molecule has 2 aromatic rings. The SMILES string of the molecule is Cc1cc(SC2C(=O)C[C@@](CCc3ccccc3)(C(C)C)OC2=O)c(C(C)(C)C)cc1CO. The molecule has 0 aromatic heterocycles. The molecule has 0 amide bonds. The van der Waals surface area contributed by atoms with Gasteiger partial charge in [-0.1, -0.05) is 71.0 Å². The van der Waals surface area contributed by atoms with Gasteiger partial charge in [0.05, 0.1) is 6.61 Å². The molecule has 0 spiro atoms. The zero-order valence-electron chi connectivity index (χ0n) is 20.6. The summed E-state index contributed by atoms with van der Waals surface area (Å²) in [7, 11) is 0. The van der Waals surface area contributed by atoms with Gasteiger partial charge in [-0.15, -0.1) is 11.8 Å². The molecule has 5 heteroatoms. The van der Waals surface area contributed by atoms with Crippen molar-refractivity contribution >= 4 is 23.5 Å². The highest BCUT2D eigenvalue weighted by molar-refractivity contribution is 8.01. The van der Waals surface area contributed by atoms with Crippen LogP contribution in [0.4, 0.5) is 0 Å². The summed E-state index contributed by atoms with van der Waals surface area (Å²) in [5.74, 6) is -0.472. The fraction of sp³-hybridized carbons (Fsp3) is 0.500. The van der Waals surface area contributed by atoms with E-state index in [-0.39, 0.29) is 30.1 Å². The van der Waals surface area contributed by atoms with Gasteiger partial charge in [0.15, 0.2) is 11.0 Å². The zero-order chi connectivity index (χ0) is 24.4. The lowest BCUT2D eigenvalue weighted by Gasteiger charge is -2.41. The molecule has 33 heavy (non-hydrogen) atoms. The highest BCUT2D eigenvalue weighted by Crippen LogP contribution is 2.42. The summed E-state index contributed by atoms with van der Waals surface area (Å²) in [4.78, 5) is 27.5. The summed E-state index contributed by atoms with van der Waals surface area (Å²) in [5, 5.41) is 8.85. The molecule has 1 fully saturated rings. The number of hydrogen-bond donors (Lipinski definition) is 1. The van der Waals surface area contributed by atoms with Gasteiger partial charge in [0.2, 0.25) is 0 Å². The van der Waals surface area contributed by atoms with Crippen LogP contribution in [0.1, 0.15) is 69.7 Å². The number of Topliss-reactive ketones (excluding diaryl/α,β-unsaturated/α-hetero) is 1. The molecule has 178 valence electrons. The van der Waals surface area contributed by atoms with E-state index in [9.17, 15) is 14.7 Å². The van der Waals surface area contributed by atoms with Crippen LogP contribution in [-0.4, -0.2) is 27.7 Å². The summed E-state index contributed by atoms with van der Waals surface area (Å²) in [6.07, 6.45) is 1.62. The van der Waals surface area contributed by atoms with Crippen molar-refractivity contribution in [1.82, 2.24) is 0 Å². The number of carbonyl (C=O) groups is 2. The minimum atomic E-state index is -0.867. The molecule has 0 bridgehead atoms. The second kappa shape index (κ2) is 10.0. The number of ether oxygens (including phenoxy) is 1. The lowest BCUT2D eigenvalue weighted by molar-refractivity contribution is -0.176. The van der Waals surface area contributed by atoms with Crippen LogP contribution in [0.5, 0.6) is 0 Å². The monoisotopic (exact) mass is 468 g/mol. The van der Waals surface area contributed by atoms with E-state index in [2.05, 4.69) is 32.9 Å². The van der Waals surface area contributed by atoms with Crippen LogP contribution < -0.4 is 0 Å². The number of hydrogen-bond acceptors (Lipinski definition) is 5. The first kappa shape index (κ1) is 25.5. The van der Waals surface area contributed by atoms with Crippen LogP contribution in [0.3, 0.4) is 0 Å². The Balaban J connectivity index is 1.85. The Morgan fingerprint density at radius 3 is 2.36 bits per heavy atom. The van der Waals surface area contributed by atoms with Gasteiger partial charge in [-0.05, 0) is 59.4 Å². The van der Waals surface area contributed by atoms with Crippen molar-refractivity contribution < 1.29 is 19.4 Å². The van der Waals surface area contributed by atoms with E-state index in [1.807, 2.05) is 51.1 Å². The molecule has 0 aliphatic carbocycles. The maximum Gasteiger partial charge on any atom is 0.327 e. The number of thioether (sulfide) groups is 1. The number of rotatable bonds is 7. The molecule has 3 rings (SSSR count). The molecule has 1 aliphatic heterocycles. The smallest absolute Gasteiger partial charge is 0.327 e. The zero-order valence-corrected chi connectivity index (χ0v) is 21.4. The molecule has 1 heterocycles. The molecule has 0 saturated carbocycles. The number of carbonyl (C=O) groups excluding carboxylic acids is 2. The highest BCUT2D eigenvalue weighted by atomic mass is 32.2. The fourth-order valence-corrected chi connectivity index (χ4v) is 5.73. The fourth-order valence-electron chi connectivity index (χ4n) is 4.38. The molecule has 1 aliphatic rings. The van der Waals surface area contributed by atoms with Crippen molar-refractivity contribution in [3.8, 4) is 0 Å². The topological polar surface area (TPSA) is 63.6 Å². The molecule has 2 atom stereocenters. The largest absolute Gasteiger partial charge is 0.457 e. The van der Waals surface area contributed by atoms with Gasteiger partial charge in [-0.25, -0.2) is 0 Å². The van der Waals surface area contributed by atoms with Gasteiger partial charge in [0, 0.05) is 11.3 Å². The Labute approximate surface area is 202 Å². The van der Waals surface area contributed by atoms with Gasteiger partial charge in [0.25, 0.3) is 0 Å². The number of esters is 1. The van der Waals surface area contributed by atoms with Crippen molar-refractivity contribution in [2.75, 3.05) is 0 Å². The van der Waals surface area contributed by atoms with E-state index in [1.54, 1.807) is 0 Å².